The van der Waals surface area contributed by atoms with Crippen molar-refractivity contribution < 1.29 is 0 Å². The molecular weight excluding hydrogens is 434 g/mol. The highest BCUT2D eigenvalue weighted by molar-refractivity contribution is 5.79. The second-order valence-corrected chi connectivity index (χ2v) is 12.2. The number of hydrogen-bond acceptors (Lipinski definition) is 1. The lowest BCUT2D eigenvalue weighted by Gasteiger charge is -2.44. The van der Waals surface area contributed by atoms with E-state index in [0.717, 1.165) is 0 Å². The van der Waals surface area contributed by atoms with Crippen molar-refractivity contribution >= 4 is 17.1 Å². The van der Waals surface area contributed by atoms with Gasteiger partial charge in [-0.25, -0.2) is 0 Å². The van der Waals surface area contributed by atoms with Gasteiger partial charge in [0.05, 0.1) is 0 Å². The van der Waals surface area contributed by atoms with Gasteiger partial charge in [-0.15, -0.1) is 0 Å². The molecule has 0 spiro atoms. The number of hydrogen-bond donors (Lipinski definition) is 0. The molecule has 1 nitrogen and oxygen atoms in total. The first-order valence-corrected chi connectivity index (χ1v) is 13.1. The van der Waals surface area contributed by atoms with Crippen molar-refractivity contribution in [2.45, 2.75) is 66.2 Å². The lowest BCUT2D eigenvalue weighted by molar-refractivity contribution is 0.125. The van der Waals surface area contributed by atoms with Crippen LogP contribution >= 0.6 is 0 Å². The molecule has 1 aliphatic carbocycles. The maximum atomic E-state index is 2.44. The summed E-state index contributed by atoms with van der Waals surface area (Å²) < 4.78 is 0. The standard InChI is InChI=1S/C35H39N/c1-24-11-9-13-29(21-24)36(30-14-10-12-25(2)22-30)28-18-15-26(16-19-28)27-17-20-31-32(23-27)34(5,6)35(7,8)33(31,3)4/h9-23H,1-8H3. The second kappa shape index (κ2) is 8.37. The van der Waals surface area contributed by atoms with Crippen molar-refractivity contribution in [2.75, 3.05) is 4.90 Å². The normalized spacial score (nSPS) is 17.0. The molecule has 0 aliphatic heterocycles. The fraction of sp³-hybridized carbons (Fsp3) is 0.314. The van der Waals surface area contributed by atoms with Crippen molar-refractivity contribution in [1.29, 1.82) is 0 Å². The lowest BCUT2D eigenvalue weighted by atomic mass is 9.59. The molecule has 0 bridgehead atoms. The van der Waals surface area contributed by atoms with Crippen LogP contribution in [0.15, 0.2) is 91.0 Å². The summed E-state index contributed by atoms with van der Waals surface area (Å²) >= 11 is 0. The van der Waals surface area contributed by atoms with Crippen LogP contribution in [0.25, 0.3) is 11.1 Å². The summed E-state index contributed by atoms with van der Waals surface area (Å²) in [6, 6.07) is 33.6. The summed E-state index contributed by atoms with van der Waals surface area (Å²) in [6.45, 7) is 18.8. The Bertz CT molecular complexity index is 1370. The molecule has 0 N–H and O–H groups in total. The van der Waals surface area contributed by atoms with E-state index in [1.54, 1.807) is 0 Å². The molecule has 0 heterocycles. The highest BCUT2D eigenvalue weighted by Crippen LogP contribution is 2.61. The van der Waals surface area contributed by atoms with Gasteiger partial charge in [0, 0.05) is 17.1 Å². The van der Waals surface area contributed by atoms with E-state index >= 15 is 0 Å². The Kier molecular flexibility index (Phi) is 5.67. The van der Waals surface area contributed by atoms with Gasteiger partial charge in [0.1, 0.15) is 0 Å². The highest BCUT2D eigenvalue weighted by atomic mass is 15.1. The SMILES string of the molecule is Cc1cccc(N(c2ccc(-c3ccc4c(c3)C(C)(C)C(C)(C)C4(C)C)cc2)c2cccc(C)c2)c1. The zero-order chi connectivity index (χ0) is 25.9. The Balaban J connectivity index is 1.56. The van der Waals surface area contributed by atoms with Crippen molar-refractivity contribution in [2.24, 2.45) is 5.41 Å². The molecule has 0 radical (unpaired) electrons. The number of benzene rings is 4. The summed E-state index contributed by atoms with van der Waals surface area (Å²) in [5.74, 6) is 0. The third-order valence-electron chi connectivity index (χ3n) is 9.47. The van der Waals surface area contributed by atoms with E-state index in [4.69, 9.17) is 0 Å². The second-order valence-electron chi connectivity index (χ2n) is 12.2. The van der Waals surface area contributed by atoms with Gasteiger partial charge in [0.25, 0.3) is 0 Å². The molecule has 1 heteroatoms. The molecule has 0 amide bonds. The predicted octanol–water partition coefficient (Wildman–Crippen LogP) is 10.0. The van der Waals surface area contributed by atoms with Crippen LogP contribution in [0, 0.1) is 19.3 Å². The van der Waals surface area contributed by atoms with E-state index in [0.29, 0.717) is 0 Å². The molecule has 4 aromatic carbocycles. The summed E-state index contributed by atoms with van der Waals surface area (Å²) in [4.78, 5) is 2.35. The number of anilines is 3. The molecular formula is C35H39N. The van der Waals surface area contributed by atoms with Gasteiger partial charge in [-0.3, -0.25) is 0 Å². The number of rotatable bonds is 4. The molecule has 0 unspecified atom stereocenters. The van der Waals surface area contributed by atoms with Crippen LogP contribution in [0.5, 0.6) is 0 Å². The zero-order valence-corrected chi connectivity index (χ0v) is 23.1. The third-order valence-corrected chi connectivity index (χ3v) is 9.47. The minimum Gasteiger partial charge on any atom is -0.310 e. The lowest BCUT2D eigenvalue weighted by Crippen LogP contribution is -2.42. The molecule has 5 rings (SSSR count). The van der Waals surface area contributed by atoms with Gasteiger partial charge in [-0.1, -0.05) is 96.1 Å². The van der Waals surface area contributed by atoms with E-state index in [1.165, 1.54) is 50.4 Å². The van der Waals surface area contributed by atoms with Gasteiger partial charge in [0.2, 0.25) is 0 Å². The van der Waals surface area contributed by atoms with Gasteiger partial charge >= 0.3 is 0 Å². The van der Waals surface area contributed by atoms with Crippen molar-refractivity contribution in [1.82, 2.24) is 0 Å². The van der Waals surface area contributed by atoms with Crippen LogP contribution in [0.3, 0.4) is 0 Å². The topological polar surface area (TPSA) is 3.24 Å². The molecule has 0 fully saturated rings. The molecule has 36 heavy (non-hydrogen) atoms. The van der Waals surface area contributed by atoms with E-state index < -0.39 is 0 Å². The summed E-state index contributed by atoms with van der Waals surface area (Å²) in [7, 11) is 0. The van der Waals surface area contributed by atoms with Gasteiger partial charge < -0.3 is 4.90 Å². The first kappa shape index (κ1) is 24.4. The van der Waals surface area contributed by atoms with E-state index in [1.807, 2.05) is 0 Å². The average molecular weight is 474 g/mol. The maximum Gasteiger partial charge on any atom is 0.0464 e. The molecule has 0 saturated heterocycles. The van der Waals surface area contributed by atoms with E-state index in [-0.39, 0.29) is 16.2 Å². The van der Waals surface area contributed by atoms with Crippen molar-refractivity contribution in [3.63, 3.8) is 0 Å². The predicted molar refractivity (Wildman–Crippen MR) is 156 cm³/mol. The smallest absolute Gasteiger partial charge is 0.0464 e. The number of nitrogens with zero attached hydrogens (tertiary/aromatic N) is 1. The highest BCUT2D eigenvalue weighted by Gasteiger charge is 2.56. The van der Waals surface area contributed by atoms with Crippen molar-refractivity contribution in [3.05, 3.63) is 113 Å². The van der Waals surface area contributed by atoms with Gasteiger partial charge in [0.15, 0.2) is 0 Å². The van der Waals surface area contributed by atoms with E-state index in [9.17, 15) is 0 Å². The summed E-state index contributed by atoms with van der Waals surface area (Å²) in [5, 5.41) is 0. The fourth-order valence-electron chi connectivity index (χ4n) is 6.02. The quantitative estimate of drug-likeness (QED) is 0.285. The Labute approximate surface area is 217 Å². The average Bonchev–Trinajstić information content (AvgIpc) is 2.94. The van der Waals surface area contributed by atoms with Crippen molar-refractivity contribution in [3.8, 4) is 11.1 Å². The Morgan fingerprint density at radius 2 is 0.972 bits per heavy atom. The van der Waals surface area contributed by atoms with Crippen LogP contribution in [0.4, 0.5) is 17.1 Å². The van der Waals surface area contributed by atoms with Gasteiger partial charge in [-0.05, 0) is 99.9 Å². The minimum absolute atomic E-state index is 0.106. The molecule has 0 atom stereocenters. The van der Waals surface area contributed by atoms with Crippen LogP contribution in [0.2, 0.25) is 0 Å². The zero-order valence-electron chi connectivity index (χ0n) is 23.1. The summed E-state index contributed by atoms with van der Waals surface area (Å²) in [6.07, 6.45) is 0. The molecule has 1 aliphatic rings. The number of fused-ring (bicyclic) bond motifs is 1. The molecule has 4 aromatic rings. The fourth-order valence-corrected chi connectivity index (χ4v) is 6.02. The first-order chi connectivity index (χ1) is 16.9. The van der Waals surface area contributed by atoms with Crippen LogP contribution in [-0.4, -0.2) is 0 Å². The Morgan fingerprint density at radius 3 is 1.50 bits per heavy atom. The Morgan fingerprint density at radius 1 is 0.472 bits per heavy atom. The maximum absolute atomic E-state index is 2.44. The first-order valence-electron chi connectivity index (χ1n) is 13.1. The minimum atomic E-state index is 0.106. The van der Waals surface area contributed by atoms with Gasteiger partial charge in [-0.2, -0.15) is 0 Å². The van der Waals surface area contributed by atoms with E-state index in [2.05, 4.69) is 151 Å². The van der Waals surface area contributed by atoms with Crippen LogP contribution in [-0.2, 0) is 10.8 Å². The molecule has 0 saturated carbocycles. The largest absolute Gasteiger partial charge is 0.310 e. The Hall–Kier alpha value is -3.32. The van der Waals surface area contributed by atoms with Crippen LogP contribution in [0.1, 0.15) is 63.8 Å². The number of aryl methyl sites for hydroxylation is 2. The molecule has 0 aromatic heterocycles. The van der Waals surface area contributed by atoms with Crippen LogP contribution < -0.4 is 4.90 Å². The molecule has 184 valence electrons. The summed E-state index contributed by atoms with van der Waals surface area (Å²) in [5.41, 5.74) is 12.0. The third kappa shape index (κ3) is 3.68. The monoisotopic (exact) mass is 473 g/mol.